The Bertz CT molecular complexity index is 1290. The monoisotopic (exact) mass is 517 g/mol. The van der Waals surface area contributed by atoms with E-state index in [0.29, 0.717) is 13.0 Å². The van der Waals surface area contributed by atoms with Crippen molar-refractivity contribution in [3.05, 3.63) is 78.4 Å². The number of fused-ring (bicyclic) bond motifs is 2. The molecular weight excluding hydrogens is 482 g/mol. The van der Waals surface area contributed by atoms with Crippen molar-refractivity contribution in [2.24, 2.45) is 5.92 Å². The first-order chi connectivity index (χ1) is 18.2. The molecule has 200 valence electrons. The molecule has 5 rings (SSSR count). The molecule has 0 spiro atoms. The first kappa shape index (κ1) is 25.9. The molecule has 0 aliphatic carbocycles. The molecular formula is C30H35N3O5. The molecule has 2 aliphatic rings. The number of anilines is 1. The number of hydrogen-bond acceptors (Lipinski definition) is 6. The summed E-state index contributed by atoms with van der Waals surface area (Å²) in [6.45, 7) is 6.33. The van der Waals surface area contributed by atoms with Crippen molar-refractivity contribution in [3.63, 3.8) is 0 Å². The van der Waals surface area contributed by atoms with Crippen molar-refractivity contribution in [3.8, 4) is 0 Å². The lowest BCUT2D eigenvalue weighted by molar-refractivity contribution is 0.0122. The minimum Gasteiger partial charge on any atom is -0.445 e. The summed E-state index contributed by atoms with van der Waals surface area (Å²) in [7, 11) is 0. The van der Waals surface area contributed by atoms with Crippen LogP contribution in [0.25, 0.3) is 10.8 Å². The largest absolute Gasteiger partial charge is 0.445 e. The Hall–Kier alpha value is -3.78. The van der Waals surface area contributed by atoms with Gasteiger partial charge in [0.2, 0.25) is 0 Å². The van der Waals surface area contributed by atoms with E-state index in [4.69, 9.17) is 9.47 Å². The number of benzene rings is 3. The van der Waals surface area contributed by atoms with Gasteiger partial charge in [0.05, 0.1) is 12.1 Å². The molecule has 4 unspecified atom stereocenters. The van der Waals surface area contributed by atoms with Crippen LogP contribution in [0.2, 0.25) is 0 Å². The summed E-state index contributed by atoms with van der Waals surface area (Å²) in [5, 5.41) is 16.8. The van der Waals surface area contributed by atoms with Gasteiger partial charge >= 0.3 is 12.2 Å². The first-order valence-electron chi connectivity index (χ1n) is 13.1. The summed E-state index contributed by atoms with van der Waals surface area (Å²) in [5.41, 5.74) is 1.03. The zero-order valence-corrected chi connectivity index (χ0v) is 22.0. The zero-order valence-electron chi connectivity index (χ0n) is 22.0. The van der Waals surface area contributed by atoms with Crippen molar-refractivity contribution in [1.29, 1.82) is 0 Å². The van der Waals surface area contributed by atoms with Gasteiger partial charge in [-0.3, -0.25) is 0 Å². The third-order valence-corrected chi connectivity index (χ3v) is 7.23. The summed E-state index contributed by atoms with van der Waals surface area (Å²) in [6, 6.07) is 22.6. The number of ether oxygens (including phenoxy) is 2. The number of likely N-dealkylation sites (tertiary alicyclic amines) is 2. The van der Waals surface area contributed by atoms with Crippen LogP contribution >= 0.6 is 0 Å². The van der Waals surface area contributed by atoms with Crippen molar-refractivity contribution in [2.45, 2.75) is 57.7 Å². The Balaban J connectivity index is 1.38. The molecule has 4 atom stereocenters. The number of hydrogen-bond donors (Lipinski definition) is 2. The lowest BCUT2D eigenvalue weighted by Gasteiger charge is -2.33. The molecule has 38 heavy (non-hydrogen) atoms. The molecule has 0 saturated carbocycles. The molecule has 3 aromatic carbocycles. The van der Waals surface area contributed by atoms with Crippen LogP contribution in [0.15, 0.2) is 72.8 Å². The molecule has 3 aromatic rings. The molecule has 8 heteroatoms. The Morgan fingerprint density at radius 2 is 1.68 bits per heavy atom. The second-order valence-electron chi connectivity index (χ2n) is 11.0. The van der Waals surface area contributed by atoms with Crippen LogP contribution < -0.4 is 5.32 Å². The average Bonchev–Trinajstić information content (AvgIpc) is 3.48. The van der Waals surface area contributed by atoms with Gasteiger partial charge in [-0.1, -0.05) is 66.7 Å². The lowest BCUT2D eigenvalue weighted by atomic mass is 9.97. The van der Waals surface area contributed by atoms with E-state index in [1.165, 1.54) is 0 Å². The van der Waals surface area contributed by atoms with Gasteiger partial charge < -0.3 is 29.7 Å². The summed E-state index contributed by atoms with van der Waals surface area (Å²) >= 11 is 0. The smallest absolute Gasteiger partial charge is 0.410 e. The fourth-order valence-corrected chi connectivity index (χ4v) is 5.58. The predicted molar refractivity (Wildman–Crippen MR) is 146 cm³/mol. The molecule has 0 aromatic heterocycles. The first-order valence-corrected chi connectivity index (χ1v) is 13.1. The standard InChI is InChI=1S/C30H35N3O5/c1-30(2,3)38-29(36)32-17-16-25-26(32)23(18-33(25)28(35)37-19-20-10-5-4-6-11-20)27(34)31-24-15-9-13-21-12-7-8-14-22(21)24/h4-15,23,25-27,31,34H,16-19H2,1-3H3. The van der Waals surface area contributed by atoms with Gasteiger partial charge in [0, 0.05) is 30.1 Å². The summed E-state index contributed by atoms with van der Waals surface area (Å²) in [4.78, 5) is 29.7. The van der Waals surface area contributed by atoms with Crippen LogP contribution in [0.4, 0.5) is 15.3 Å². The van der Waals surface area contributed by atoms with Gasteiger partial charge in [0.25, 0.3) is 0 Å². The third kappa shape index (κ3) is 5.41. The maximum atomic E-state index is 13.2. The van der Waals surface area contributed by atoms with E-state index in [9.17, 15) is 14.7 Å². The lowest BCUT2D eigenvalue weighted by Crippen LogP contribution is -2.48. The fourth-order valence-electron chi connectivity index (χ4n) is 5.58. The molecule has 2 heterocycles. The van der Waals surface area contributed by atoms with Crippen molar-refractivity contribution in [1.82, 2.24) is 9.80 Å². The van der Waals surface area contributed by atoms with E-state index < -0.39 is 36.0 Å². The van der Waals surface area contributed by atoms with E-state index in [-0.39, 0.29) is 19.2 Å². The Morgan fingerprint density at radius 3 is 2.45 bits per heavy atom. The molecule has 2 saturated heterocycles. The Morgan fingerprint density at radius 1 is 0.974 bits per heavy atom. The van der Waals surface area contributed by atoms with Gasteiger partial charge in [0.15, 0.2) is 0 Å². The van der Waals surface area contributed by atoms with Crippen LogP contribution in [0.3, 0.4) is 0 Å². The van der Waals surface area contributed by atoms with E-state index in [1.54, 1.807) is 9.80 Å². The maximum Gasteiger partial charge on any atom is 0.410 e. The highest BCUT2D eigenvalue weighted by Crippen LogP contribution is 2.39. The van der Waals surface area contributed by atoms with Crippen LogP contribution in [0.5, 0.6) is 0 Å². The highest BCUT2D eigenvalue weighted by atomic mass is 16.6. The quantitative estimate of drug-likeness (QED) is 0.451. The number of rotatable bonds is 5. The number of aliphatic hydroxyl groups is 1. The van der Waals surface area contributed by atoms with Gasteiger partial charge in [-0.05, 0) is 44.2 Å². The summed E-state index contributed by atoms with van der Waals surface area (Å²) < 4.78 is 11.3. The third-order valence-electron chi connectivity index (χ3n) is 7.23. The van der Waals surface area contributed by atoms with Crippen LogP contribution in [0.1, 0.15) is 32.8 Å². The molecule has 0 bridgehead atoms. The van der Waals surface area contributed by atoms with E-state index in [2.05, 4.69) is 5.32 Å². The van der Waals surface area contributed by atoms with Gasteiger partial charge in [-0.2, -0.15) is 0 Å². The van der Waals surface area contributed by atoms with E-state index >= 15 is 0 Å². The van der Waals surface area contributed by atoms with Gasteiger partial charge in [-0.15, -0.1) is 0 Å². The minimum atomic E-state index is -1.01. The number of carbonyl (C=O) groups is 2. The highest BCUT2D eigenvalue weighted by Gasteiger charge is 2.55. The average molecular weight is 518 g/mol. The Labute approximate surface area is 223 Å². The zero-order chi connectivity index (χ0) is 26.9. The number of aliphatic hydroxyl groups excluding tert-OH is 1. The molecule has 2 fully saturated rings. The van der Waals surface area contributed by atoms with Gasteiger partial charge in [0.1, 0.15) is 18.4 Å². The van der Waals surface area contributed by atoms with Crippen molar-refractivity contribution >= 4 is 28.6 Å². The minimum absolute atomic E-state index is 0.158. The van der Waals surface area contributed by atoms with Crippen LogP contribution in [0, 0.1) is 5.92 Å². The topological polar surface area (TPSA) is 91.3 Å². The molecule has 2 amide bonds. The number of nitrogens with one attached hydrogen (secondary N) is 1. The summed E-state index contributed by atoms with van der Waals surface area (Å²) in [5.74, 6) is -0.446. The van der Waals surface area contributed by atoms with E-state index in [0.717, 1.165) is 22.0 Å². The molecule has 2 N–H and O–H groups in total. The number of carbonyl (C=O) groups excluding carboxylic acids is 2. The van der Waals surface area contributed by atoms with Gasteiger partial charge in [-0.25, -0.2) is 9.59 Å². The van der Waals surface area contributed by atoms with Crippen LogP contribution in [-0.4, -0.2) is 64.1 Å². The number of nitrogens with zero attached hydrogens (tertiary/aromatic N) is 2. The van der Waals surface area contributed by atoms with Crippen LogP contribution in [-0.2, 0) is 16.1 Å². The molecule has 2 aliphatic heterocycles. The van der Waals surface area contributed by atoms with Crippen molar-refractivity contribution < 1.29 is 24.2 Å². The van der Waals surface area contributed by atoms with Crippen molar-refractivity contribution in [2.75, 3.05) is 18.4 Å². The fraction of sp³-hybridized carbons (Fsp3) is 0.400. The van der Waals surface area contributed by atoms with E-state index in [1.807, 2.05) is 93.6 Å². The normalized spacial score (nSPS) is 21.7. The maximum absolute atomic E-state index is 13.2. The molecule has 0 radical (unpaired) electrons. The summed E-state index contributed by atoms with van der Waals surface area (Å²) in [6.07, 6.45) is -1.31. The Kier molecular flexibility index (Phi) is 7.17. The highest BCUT2D eigenvalue weighted by molar-refractivity contribution is 5.93. The predicted octanol–water partition coefficient (Wildman–Crippen LogP) is 5.22. The number of amides is 2. The second-order valence-corrected chi connectivity index (χ2v) is 11.0. The molecule has 8 nitrogen and oxygen atoms in total. The second kappa shape index (κ2) is 10.5. The SMILES string of the molecule is CC(C)(C)OC(=O)N1CCC2C1C(C(O)Nc1cccc3ccccc13)CN2C(=O)OCc1ccccc1.